The van der Waals surface area contributed by atoms with Crippen molar-refractivity contribution in [3.63, 3.8) is 0 Å². The zero-order valence-corrected chi connectivity index (χ0v) is 10.2. The lowest BCUT2D eigenvalue weighted by Gasteiger charge is -2.32. The second-order valence-electron chi connectivity index (χ2n) is 4.38. The molecule has 0 aromatic carbocycles. The van der Waals surface area contributed by atoms with E-state index in [0.717, 1.165) is 6.42 Å². The van der Waals surface area contributed by atoms with Crippen molar-refractivity contribution in [1.82, 2.24) is 9.55 Å². The molecule has 90 valence electrons. The minimum Gasteiger partial charge on any atom is -0.479 e. The summed E-state index contributed by atoms with van der Waals surface area (Å²) in [4.78, 5) is 15.5. The number of imidazole rings is 1. The van der Waals surface area contributed by atoms with Crippen molar-refractivity contribution in [2.45, 2.75) is 45.6 Å². The molecule has 0 aliphatic rings. The Kier molecular flexibility index (Phi) is 4.10. The van der Waals surface area contributed by atoms with E-state index in [-0.39, 0.29) is 0 Å². The van der Waals surface area contributed by atoms with Crippen LogP contribution in [0.2, 0.25) is 0 Å². The van der Waals surface area contributed by atoms with Gasteiger partial charge in [0.2, 0.25) is 0 Å². The quantitative estimate of drug-likeness (QED) is 0.807. The van der Waals surface area contributed by atoms with Gasteiger partial charge in [0.25, 0.3) is 0 Å². The van der Waals surface area contributed by atoms with Gasteiger partial charge < -0.3 is 9.67 Å². The maximum absolute atomic E-state index is 11.6. The maximum Gasteiger partial charge on any atom is 0.329 e. The second kappa shape index (κ2) is 5.14. The first-order valence-corrected chi connectivity index (χ1v) is 5.78. The minimum absolute atomic E-state index is 0.387. The molecule has 2 atom stereocenters. The lowest BCUT2D eigenvalue weighted by atomic mass is 9.84. The fourth-order valence-electron chi connectivity index (χ4n) is 2.01. The van der Waals surface area contributed by atoms with E-state index in [1.54, 1.807) is 23.3 Å². The Labute approximate surface area is 96.3 Å². The molecule has 0 bridgehead atoms. The van der Waals surface area contributed by atoms with Crippen molar-refractivity contribution < 1.29 is 9.90 Å². The van der Waals surface area contributed by atoms with Crippen LogP contribution in [0.1, 0.15) is 40.0 Å². The largest absolute Gasteiger partial charge is 0.479 e. The Morgan fingerprint density at radius 3 is 2.62 bits per heavy atom. The predicted molar refractivity (Wildman–Crippen MR) is 62.2 cm³/mol. The van der Waals surface area contributed by atoms with E-state index in [1.165, 1.54) is 0 Å². The third-order valence-corrected chi connectivity index (χ3v) is 3.36. The Morgan fingerprint density at radius 1 is 1.56 bits per heavy atom. The summed E-state index contributed by atoms with van der Waals surface area (Å²) < 4.78 is 1.72. The summed E-state index contributed by atoms with van der Waals surface area (Å²) in [6.07, 6.45) is 7.17. The number of hydrogen-bond donors (Lipinski definition) is 1. The van der Waals surface area contributed by atoms with Crippen molar-refractivity contribution in [2.75, 3.05) is 0 Å². The van der Waals surface area contributed by atoms with E-state index < -0.39 is 11.5 Å². The van der Waals surface area contributed by atoms with E-state index in [0.29, 0.717) is 18.8 Å². The van der Waals surface area contributed by atoms with Crippen LogP contribution in [0.4, 0.5) is 0 Å². The van der Waals surface area contributed by atoms with Crippen LogP contribution in [0, 0.1) is 5.92 Å². The average molecular weight is 224 g/mol. The summed E-state index contributed by atoms with van der Waals surface area (Å²) in [7, 11) is 0. The molecule has 0 saturated heterocycles. The van der Waals surface area contributed by atoms with Crippen LogP contribution in [-0.4, -0.2) is 20.6 Å². The number of aromatic nitrogens is 2. The number of carboxylic acid groups (broad SMARTS) is 1. The van der Waals surface area contributed by atoms with E-state index in [1.807, 2.05) is 6.92 Å². The molecule has 0 amide bonds. The Morgan fingerprint density at radius 2 is 2.25 bits per heavy atom. The van der Waals surface area contributed by atoms with E-state index in [9.17, 15) is 9.90 Å². The van der Waals surface area contributed by atoms with Crippen LogP contribution >= 0.6 is 0 Å². The van der Waals surface area contributed by atoms with Gasteiger partial charge in [0, 0.05) is 12.4 Å². The van der Waals surface area contributed by atoms with Crippen LogP contribution in [0.25, 0.3) is 0 Å². The van der Waals surface area contributed by atoms with Crippen LogP contribution < -0.4 is 0 Å². The summed E-state index contributed by atoms with van der Waals surface area (Å²) in [6.45, 7) is 6.08. The Hall–Kier alpha value is -1.32. The van der Waals surface area contributed by atoms with Crippen molar-refractivity contribution in [2.24, 2.45) is 5.92 Å². The fourth-order valence-corrected chi connectivity index (χ4v) is 2.01. The molecule has 0 saturated carbocycles. The average Bonchev–Trinajstić information content (AvgIpc) is 2.78. The predicted octanol–water partition coefficient (Wildman–Crippen LogP) is 2.51. The Bertz CT molecular complexity index is 335. The molecular weight excluding hydrogens is 204 g/mol. The first-order chi connectivity index (χ1) is 7.56. The molecule has 0 aliphatic carbocycles. The number of carboxylic acids is 1. The number of rotatable bonds is 6. The lowest BCUT2D eigenvalue weighted by Crippen LogP contribution is -2.42. The van der Waals surface area contributed by atoms with E-state index in [4.69, 9.17) is 0 Å². The highest BCUT2D eigenvalue weighted by Crippen LogP contribution is 2.30. The number of nitrogens with zero attached hydrogens (tertiary/aromatic N) is 2. The minimum atomic E-state index is -0.841. The van der Waals surface area contributed by atoms with Crippen LogP contribution in [-0.2, 0) is 10.3 Å². The number of carbonyl (C=O) groups is 1. The van der Waals surface area contributed by atoms with Gasteiger partial charge in [-0.2, -0.15) is 0 Å². The van der Waals surface area contributed by atoms with Crippen LogP contribution in [0.5, 0.6) is 0 Å². The molecule has 16 heavy (non-hydrogen) atoms. The van der Waals surface area contributed by atoms with Crippen molar-refractivity contribution in [3.05, 3.63) is 18.7 Å². The molecule has 1 aromatic rings. The van der Waals surface area contributed by atoms with E-state index in [2.05, 4.69) is 18.8 Å². The summed E-state index contributed by atoms with van der Waals surface area (Å²) >= 11 is 0. The van der Waals surface area contributed by atoms with Gasteiger partial charge in [-0.15, -0.1) is 0 Å². The molecule has 2 unspecified atom stereocenters. The molecule has 1 heterocycles. The smallest absolute Gasteiger partial charge is 0.329 e. The normalized spacial score (nSPS) is 16.7. The molecule has 1 aromatic heterocycles. The number of aliphatic carboxylic acids is 1. The highest BCUT2D eigenvalue weighted by Gasteiger charge is 2.39. The third kappa shape index (κ3) is 2.26. The van der Waals surface area contributed by atoms with Crippen molar-refractivity contribution >= 4 is 5.97 Å². The standard InChI is InChI=1S/C12H20N2O2/c1-4-10(3)8-12(5-2,11(15)16)14-7-6-13-9-14/h6-7,9-10H,4-5,8H2,1-3H3,(H,15,16). The van der Waals surface area contributed by atoms with Gasteiger partial charge in [0.05, 0.1) is 6.33 Å². The summed E-state index contributed by atoms with van der Waals surface area (Å²) in [5, 5.41) is 9.49. The summed E-state index contributed by atoms with van der Waals surface area (Å²) in [5.41, 5.74) is -0.841. The summed E-state index contributed by atoms with van der Waals surface area (Å²) in [5.74, 6) is -0.383. The molecular formula is C12H20N2O2. The maximum atomic E-state index is 11.6. The molecule has 0 radical (unpaired) electrons. The van der Waals surface area contributed by atoms with Gasteiger partial charge in [-0.1, -0.05) is 27.2 Å². The third-order valence-electron chi connectivity index (χ3n) is 3.36. The molecule has 0 spiro atoms. The molecule has 1 rings (SSSR count). The highest BCUT2D eigenvalue weighted by molar-refractivity contribution is 5.76. The molecule has 1 N–H and O–H groups in total. The van der Waals surface area contributed by atoms with Gasteiger partial charge in [0.1, 0.15) is 5.54 Å². The fraction of sp³-hybridized carbons (Fsp3) is 0.667. The topological polar surface area (TPSA) is 55.1 Å². The van der Waals surface area contributed by atoms with Crippen molar-refractivity contribution in [3.8, 4) is 0 Å². The van der Waals surface area contributed by atoms with Crippen LogP contribution in [0.15, 0.2) is 18.7 Å². The zero-order chi connectivity index (χ0) is 12.2. The van der Waals surface area contributed by atoms with Crippen LogP contribution in [0.3, 0.4) is 0 Å². The van der Waals surface area contributed by atoms with Gasteiger partial charge >= 0.3 is 5.97 Å². The number of hydrogen-bond acceptors (Lipinski definition) is 2. The molecule has 0 aliphatic heterocycles. The van der Waals surface area contributed by atoms with Gasteiger partial charge in [0.15, 0.2) is 0 Å². The SMILES string of the molecule is CCC(C)CC(CC)(C(=O)O)n1ccnc1. The Balaban J connectivity index is 3.05. The molecule has 0 fully saturated rings. The van der Waals surface area contributed by atoms with Gasteiger partial charge in [-0.25, -0.2) is 9.78 Å². The second-order valence-corrected chi connectivity index (χ2v) is 4.38. The zero-order valence-electron chi connectivity index (χ0n) is 10.2. The highest BCUT2D eigenvalue weighted by atomic mass is 16.4. The van der Waals surface area contributed by atoms with Gasteiger partial charge in [-0.3, -0.25) is 0 Å². The summed E-state index contributed by atoms with van der Waals surface area (Å²) in [6, 6.07) is 0. The lowest BCUT2D eigenvalue weighted by molar-refractivity contribution is -0.149. The van der Waals surface area contributed by atoms with E-state index >= 15 is 0 Å². The molecule has 4 nitrogen and oxygen atoms in total. The van der Waals surface area contributed by atoms with Gasteiger partial charge in [-0.05, 0) is 18.8 Å². The first kappa shape index (κ1) is 12.7. The van der Waals surface area contributed by atoms with Crippen molar-refractivity contribution in [1.29, 1.82) is 0 Å². The first-order valence-electron chi connectivity index (χ1n) is 5.78. The monoisotopic (exact) mass is 224 g/mol. The molecule has 4 heteroatoms.